The second-order valence-corrected chi connectivity index (χ2v) is 3.49. The van der Waals surface area contributed by atoms with Gasteiger partial charge in [-0.05, 0) is 20.3 Å². The van der Waals surface area contributed by atoms with Gasteiger partial charge in [-0.15, -0.1) is 12.4 Å². The highest BCUT2D eigenvalue weighted by Crippen LogP contribution is 2.15. The molecule has 0 saturated carbocycles. The fourth-order valence-electron chi connectivity index (χ4n) is 1.70. The zero-order valence-corrected chi connectivity index (χ0v) is 10.2. The van der Waals surface area contributed by atoms with Crippen LogP contribution in [0.1, 0.15) is 20.3 Å². The molecule has 16 heavy (non-hydrogen) atoms. The van der Waals surface area contributed by atoms with Gasteiger partial charge in [0.1, 0.15) is 0 Å². The summed E-state index contributed by atoms with van der Waals surface area (Å²) in [6.45, 7) is 4.38. The van der Waals surface area contributed by atoms with E-state index in [1.807, 2.05) is 0 Å². The van der Waals surface area contributed by atoms with E-state index in [0.29, 0.717) is 25.3 Å². The van der Waals surface area contributed by atoms with Gasteiger partial charge in [0.05, 0.1) is 24.4 Å². The minimum Gasteiger partial charge on any atom is -0.450 e. The largest absolute Gasteiger partial charge is 0.450 e. The number of halogens is 1. The lowest BCUT2D eigenvalue weighted by atomic mass is 9.97. The van der Waals surface area contributed by atoms with Gasteiger partial charge in [-0.3, -0.25) is 4.90 Å². The summed E-state index contributed by atoms with van der Waals surface area (Å²) >= 11 is 0. The number of nitrogens with zero attached hydrogens (tertiary/aromatic N) is 2. The number of hydrogen-bond acceptors (Lipinski definition) is 5. The molecule has 6 nitrogen and oxygen atoms in total. The third-order valence-corrected chi connectivity index (χ3v) is 2.57. The van der Waals surface area contributed by atoms with Crippen molar-refractivity contribution in [2.24, 2.45) is 10.9 Å². The number of nitrogens with two attached hydrogens (primary N) is 1. The molecule has 2 atom stereocenters. The molecular weight excluding hydrogens is 234 g/mol. The third kappa shape index (κ3) is 2.99. The molecule has 1 fully saturated rings. The highest BCUT2D eigenvalue weighted by molar-refractivity contribution is 5.96. The van der Waals surface area contributed by atoms with Crippen LogP contribution in [0.3, 0.4) is 0 Å². The first-order valence-electron chi connectivity index (χ1n) is 5.02. The Balaban J connectivity index is 0.00000225. The first-order valence-corrected chi connectivity index (χ1v) is 5.02. The molecule has 1 rings (SSSR count). The zero-order chi connectivity index (χ0) is 11.4. The molecule has 1 saturated heterocycles. The molecule has 0 aromatic carbocycles. The van der Waals surface area contributed by atoms with Crippen LogP contribution >= 0.6 is 12.4 Å². The van der Waals surface area contributed by atoms with E-state index in [0.717, 1.165) is 0 Å². The second-order valence-electron chi connectivity index (χ2n) is 3.49. The zero-order valence-electron chi connectivity index (χ0n) is 9.42. The monoisotopic (exact) mass is 251 g/mol. The van der Waals surface area contributed by atoms with Crippen LogP contribution in [-0.2, 0) is 4.74 Å². The molecular formula is C9H18ClN3O3. The van der Waals surface area contributed by atoms with Crippen molar-refractivity contribution < 1.29 is 14.7 Å². The number of rotatable bonds is 1. The van der Waals surface area contributed by atoms with E-state index in [2.05, 4.69) is 5.16 Å². The number of piperidine rings is 1. The Labute approximate surface area is 101 Å². The van der Waals surface area contributed by atoms with Crippen LogP contribution in [0.2, 0.25) is 0 Å². The lowest BCUT2D eigenvalue weighted by molar-refractivity contribution is 0.0971. The van der Waals surface area contributed by atoms with Gasteiger partial charge in [0.25, 0.3) is 0 Å². The van der Waals surface area contributed by atoms with Gasteiger partial charge in [-0.2, -0.15) is 0 Å². The van der Waals surface area contributed by atoms with E-state index in [1.54, 1.807) is 13.8 Å². The summed E-state index contributed by atoms with van der Waals surface area (Å²) in [5.74, 6) is 0. The van der Waals surface area contributed by atoms with Crippen molar-refractivity contribution in [3.8, 4) is 0 Å². The van der Waals surface area contributed by atoms with Crippen molar-refractivity contribution in [3.63, 3.8) is 0 Å². The minimum atomic E-state index is -0.391. The molecule has 0 aliphatic carbocycles. The molecule has 0 radical (unpaired) electrons. The summed E-state index contributed by atoms with van der Waals surface area (Å²) in [5.41, 5.74) is 6.17. The molecule has 0 bridgehead atoms. The van der Waals surface area contributed by atoms with Crippen molar-refractivity contribution in [1.29, 1.82) is 0 Å². The van der Waals surface area contributed by atoms with Crippen molar-refractivity contribution in [1.82, 2.24) is 4.90 Å². The Morgan fingerprint density at radius 3 is 2.88 bits per heavy atom. The summed E-state index contributed by atoms with van der Waals surface area (Å²) in [5, 5.41) is 11.9. The van der Waals surface area contributed by atoms with Crippen LogP contribution < -0.4 is 5.73 Å². The number of likely N-dealkylation sites (tertiary alicyclic amines) is 1. The van der Waals surface area contributed by atoms with Crippen molar-refractivity contribution in [3.05, 3.63) is 0 Å². The maximum Gasteiger partial charge on any atom is 0.410 e. The maximum absolute atomic E-state index is 11.5. The number of ether oxygens (including phenoxy) is 1. The topological polar surface area (TPSA) is 88.2 Å². The summed E-state index contributed by atoms with van der Waals surface area (Å²) in [6, 6.07) is -0.589. The van der Waals surface area contributed by atoms with E-state index in [1.165, 1.54) is 4.90 Å². The van der Waals surface area contributed by atoms with Gasteiger partial charge in [0, 0.05) is 6.54 Å². The summed E-state index contributed by atoms with van der Waals surface area (Å²) in [4.78, 5) is 13.0. The van der Waals surface area contributed by atoms with E-state index in [9.17, 15) is 4.79 Å². The van der Waals surface area contributed by atoms with E-state index in [4.69, 9.17) is 15.7 Å². The van der Waals surface area contributed by atoms with Crippen LogP contribution in [0.4, 0.5) is 4.79 Å². The van der Waals surface area contributed by atoms with Crippen LogP contribution in [-0.4, -0.2) is 47.1 Å². The third-order valence-electron chi connectivity index (χ3n) is 2.57. The van der Waals surface area contributed by atoms with Crippen molar-refractivity contribution in [2.75, 3.05) is 13.2 Å². The summed E-state index contributed by atoms with van der Waals surface area (Å²) in [7, 11) is 0. The number of hydrogen-bond donors (Lipinski definition) is 2. The van der Waals surface area contributed by atoms with Gasteiger partial charge in [0.15, 0.2) is 0 Å². The molecule has 7 heteroatoms. The maximum atomic E-state index is 11.5. The van der Waals surface area contributed by atoms with Crippen LogP contribution in [0, 0.1) is 0 Å². The molecule has 1 aliphatic rings. The number of carbonyl (C=O) groups excluding carboxylic acids is 1. The summed E-state index contributed by atoms with van der Waals surface area (Å²) in [6.07, 6.45) is 0.195. The highest BCUT2D eigenvalue weighted by atomic mass is 35.5. The quantitative estimate of drug-likeness (QED) is 0.533. The van der Waals surface area contributed by atoms with Crippen LogP contribution in [0.5, 0.6) is 0 Å². The fraction of sp³-hybridized carbons (Fsp3) is 0.778. The summed E-state index contributed by atoms with van der Waals surface area (Å²) < 4.78 is 4.89. The van der Waals surface area contributed by atoms with E-state index < -0.39 is 6.09 Å². The molecule has 3 N–H and O–H groups in total. The Morgan fingerprint density at radius 1 is 1.75 bits per heavy atom. The molecule has 1 aliphatic heterocycles. The highest BCUT2D eigenvalue weighted by Gasteiger charge is 2.33. The van der Waals surface area contributed by atoms with Gasteiger partial charge < -0.3 is 15.7 Å². The first kappa shape index (κ1) is 15.0. The van der Waals surface area contributed by atoms with Gasteiger partial charge in [-0.25, -0.2) is 4.79 Å². The average molecular weight is 252 g/mol. The smallest absolute Gasteiger partial charge is 0.410 e. The Hall–Kier alpha value is -1.01. The number of carbonyl (C=O) groups is 1. The molecule has 1 amide bonds. The second kappa shape index (κ2) is 6.55. The standard InChI is InChI=1S/C9H17N3O3.ClH/c1-3-15-9(13)12-5-4-7(10)8(11-14)6(12)2;/h6-7,14H,3-5,10H2,1-2H3;1H. The molecule has 1 heterocycles. The molecule has 0 spiro atoms. The van der Waals surface area contributed by atoms with E-state index >= 15 is 0 Å². The first-order chi connectivity index (χ1) is 7.11. The predicted octanol–water partition coefficient (Wildman–Crippen LogP) is 0.816. The molecule has 0 aromatic heterocycles. The van der Waals surface area contributed by atoms with Gasteiger partial charge in [0.2, 0.25) is 0 Å². The lowest BCUT2D eigenvalue weighted by Gasteiger charge is -2.35. The van der Waals surface area contributed by atoms with E-state index in [-0.39, 0.29) is 24.5 Å². The fourth-order valence-corrected chi connectivity index (χ4v) is 1.70. The number of oxime groups is 1. The van der Waals surface area contributed by atoms with Gasteiger partial charge >= 0.3 is 6.09 Å². The minimum absolute atomic E-state index is 0. The molecule has 2 unspecified atom stereocenters. The molecule has 94 valence electrons. The Kier molecular flexibility index (Phi) is 6.13. The SMILES string of the molecule is CCOC(=O)N1CCC(N)C(=NO)C1C.Cl. The van der Waals surface area contributed by atoms with Crippen molar-refractivity contribution in [2.45, 2.75) is 32.4 Å². The Bertz CT molecular complexity index is 273. The lowest BCUT2D eigenvalue weighted by Crippen LogP contribution is -2.55. The normalized spacial score (nSPS) is 27.4. The number of amides is 1. The average Bonchev–Trinajstić information content (AvgIpc) is 2.18. The molecule has 0 aromatic rings. The van der Waals surface area contributed by atoms with Crippen LogP contribution in [0.25, 0.3) is 0 Å². The predicted molar refractivity (Wildman–Crippen MR) is 62.3 cm³/mol. The van der Waals surface area contributed by atoms with Crippen molar-refractivity contribution >= 4 is 24.2 Å². The Morgan fingerprint density at radius 2 is 2.38 bits per heavy atom. The van der Waals surface area contributed by atoms with Crippen LogP contribution in [0.15, 0.2) is 5.16 Å². The van der Waals surface area contributed by atoms with Gasteiger partial charge in [-0.1, -0.05) is 5.16 Å².